The topological polar surface area (TPSA) is 92.8 Å². The van der Waals surface area contributed by atoms with E-state index in [2.05, 4.69) is 70.6 Å². The number of aromatic nitrogens is 1. The first-order chi connectivity index (χ1) is 19.1. The maximum Gasteiger partial charge on any atom is 0.0991 e. The second kappa shape index (κ2) is 10.4. The van der Waals surface area contributed by atoms with Crippen molar-refractivity contribution in [2.24, 2.45) is 11.5 Å². The van der Waals surface area contributed by atoms with E-state index < -0.39 is 11.8 Å². The third kappa shape index (κ3) is 4.78. The molecule has 1 unspecified atom stereocenters. The van der Waals surface area contributed by atoms with Gasteiger partial charge in [0.25, 0.3) is 0 Å². The number of para-hydroxylation sites is 1. The quantitative estimate of drug-likeness (QED) is 0.213. The van der Waals surface area contributed by atoms with Gasteiger partial charge in [-0.2, -0.15) is 5.26 Å². The van der Waals surface area contributed by atoms with Crippen molar-refractivity contribution in [2.75, 3.05) is 0 Å². The Kier molecular flexibility index (Phi) is 6.60. The molecule has 5 aromatic rings. The average Bonchev–Trinajstić information content (AvgIpc) is 3.32. The van der Waals surface area contributed by atoms with E-state index in [4.69, 9.17) is 11.5 Å². The highest BCUT2D eigenvalue weighted by Gasteiger charge is 2.31. The van der Waals surface area contributed by atoms with Gasteiger partial charge in [0.2, 0.25) is 0 Å². The molecule has 0 fully saturated rings. The van der Waals surface area contributed by atoms with Crippen LogP contribution in [0.25, 0.3) is 27.5 Å². The summed E-state index contributed by atoms with van der Waals surface area (Å²) in [6.07, 6.45) is 8.87. The lowest BCUT2D eigenvalue weighted by Crippen LogP contribution is -2.54. The van der Waals surface area contributed by atoms with Crippen molar-refractivity contribution in [1.29, 1.82) is 5.26 Å². The van der Waals surface area contributed by atoms with Crippen LogP contribution >= 0.6 is 0 Å². The molecule has 0 radical (unpaired) electrons. The van der Waals surface area contributed by atoms with Gasteiger partial charge in [-0.15, -0.1) is 0 Å². The molecular weight excluding hydrogens is 478 g/mol. The Bertz CT molecular complexity index is 1760. The Labute approximate surface area is 228 Å². The molecule has 1 heterocycles. The fourth-order valence-corrected chi connectivity index (χ4v) is 5.62. The number of allylic oxidation sites excluding steroid dienone is 3. The summed E-state index contributed by atoms with van der Waals surface area (Å²) >= 11 is 0. The van der Waals surface area contributed by atoms with Gasteiger partial charge < -0.3 is 16.0 Å². The largest absolute Gasteiger partial charge is 0.312 e. The number of hydrogen-bond donors (Lipinski definition) is 3. The molecule has 5 N–H and O–H groups in total. The van der Waals surface area contributed by atoms with Crippen LogP contribution in [-0.4, -0.2) is 4.57 Å². The van der Waals surface area contributed by atoms with Gasteiger partial charge in [-0.1, -0.05) is 78.9 Å². The second-order valence-corrected chi connectivity index (χ2v) is 10.2. The predicted molar refractivity (Wildman–Crippen MR) is 159 cm³/mol. The van der Waals surface area contributed by atoms with Gasteiger partial charge in [-0.3, -0.25) is 5.32 Å². The van der Waals surface area contributed by atoms with Crippen LogP contribution in [0.4, 0.5) is 0 Å². The Morgan fingerprint density at radius 3 is 2.46 bits per heavy atom. The molecule has 5 nitrogen and oxygen atoms in total. The number of nitrogens with zero attached hydrogens (tertiary/aromatic N) is 2. The number of nitrogens with one attached hydrogen (secondary N) is 1. The number of benzene rings is 4. The summed E-state index contributed by atoms with van der Waals surface area (Å²) < 4.78 is 2.24. The molecule has 1 aliphatic rings. The summed E-state index contributed by atoms with van der Waals surface area (Å²) in [6.45, 7) is 0. The molecule has 0 bridgehead atoms. The molecular formula is C34H31N5. The fourth-order valence-electron chi connectivity index (χ4n) is 5.62. The summed E-state index contributed by atoms with van der Waals surface area (Å²) in [7, 11) is 0. The Morgan fingerprint density at radius 1 is 0.872 bits per heavy atom. The zero-order chi connectivity index (χ0) is 26.8. The molecule has 5 heteroatoms. The standard InChI is InChI=1S/C34H31N5/c35-23-25-18-19-32-30(20-25)29-16-7-8-17-31(29)39(32)28-15-9-14-27(21-28)34(37,22-24-10-3-1-4-11-24)38-33(36)26-12-5-2-6-13-26/h2-3,5-21,33,38H,1,4,22,36-37H2/t33?,34-/m1/s1. The zero-order valence-corrected chi connectivity index (χ0v) is 21.7. The van der Waals surface area contributed by atoms with Crippen LogP contribution in [0.15, 0.2) is 121 Å². The van der Waals surface area contributed by atoms with Gasteiger partial charge in [0.05, 0.1) is 34.5 Å². The van der Waals surface area contributed by atoms with Crippen LogP contribution in [0.1, 0.15) is 42.1 Å². The van der Waals surface area contributed by atoms with Gasteiger partial charge in [0, 0.05) is 22.9 Å². The summed E-state index contributed by atoms with van der Waals surface area (Å²) in [4.78, 5) is 0. The molecule has 192 valence electrons. The lowest BCUT2D eigenvalue weighted by molar-refractivity contribution is 0.299. The number of hydrogen-bond acceptors (Lipinski definition) is 4. The average molecular weight is 510 g/mol. The van der Waals surface area contributed by atoms with Crippen molar-refractivity contribution in [1.82, 2.24) is 9.88 Å². The normalized spacial score (nSPS) is 15.6. The molecule has 0 amide bonds. The SMILES string of the molecule is N#Cc1ccc2c(c1)c1ccccc1n2-c1cccc([C@@](N)(CC2=CCCC=C2)NC(N)c2ccccc2)c1. The van der Waals surface area contributed by atoms with Gasteiger partial charge in [0.1, 0.15) is 0 Å². The van der Waals surface area contributed by atoms with E-state index in [1.807, 2.05) is 60.7 Å². The molecule has 0 aliphatic heterocycles. The minimum Gasteiger partial charge on any atom is -0.312 e. The van der Waals surface area contributed by atoms with Crippen molar-refractivity contribution in [3.63, 3.8) is 0 Å². The lowest BCUT2D eigenvalue weighted by atomic mass is 9.89. The van der Waals surface area contributed by atoms with Gasteiger partial charge in [-0.25, -0.2) is 0 Å². The number of nitriles is 1. The third-order valence-corrected chi connectivity index (χ3v) is 7.55. The van der Waals surface area contributed by atoms with E-state index in [0.29, 0.717) is 12.0 Å². The number of nitrogens with two attached hydrogens (primary N) is 2. The van der Waals surface area contributed by atoms with E-state index in [9.17, 15) is 5.26 Å². The van der Waals surface area contributed by atoms with E-state index in [1.165, 1.54) is 5.57 Å². The summed E-state index contributed by atoms with van der Waals surface area (Å²) in [5, 5.41) is 15.2. The van der Waals surface area contributed by atoms with Crippen molar-refractivity contribution >= 4 is 21.8 Å². The molecule has 2 atom stereocenters. The van der Waals surface area contributed by atoms with Crippen LogP contribution in [-0.2, 0) is 5.66 Å². The minimum absolute atomic E-state index is 0.439. The third-order valence-electron chi connectivity index (χ3n) is 7.55. The predicted octanol–water partition coefficient (Wildman–Crippen LogP) is 6.68. The highest BCUT2D eigenvalue weighted by molar-refractivity contribution is 6.09. The monoisotopic (exact) mass is 509 g/mol. The molecule has 0 spiro atoms. The van der Waals surface area contributed by atoms with E-state index >= 15 is 0 Å². The molecule has 1 aliphatic carbocycles. The first kappa shape index (κ1) is 24.8. The smallest absolute Gasteiger partial charge is 0.0991 e. The maximum absolute atomic E-state index is 9.51. The maximum atomic E-state index is 9.51. The Balaban J connectivity index is 1.48. The highest BCUT2D eigenvalue weighted by atomic mass is 15.2. The van der Waals surface area contributed by atoms with Crippen LogP contribution in [0.2, 0.25) is 0 Å². The van der Waals surface area contributed by atoms with Crippen LogP contribution in [0, 0.1) is 11.3 Å². The first-order valence-corrected chi connectivity index (χ1v) is 13.3. The Morgan fingerprint density at radius 2 is 1.67 bits per heavy atom. The fraction of sp³-hybridized carbons (Fsp3) is 0.147. The lowest BCUT2D eigenvalue weighted by Gasteiger charge is -2.35. The van der Waals surface area contributed by atoms with Crippen molar-refractivity contribution in [2.45, 2.75) is 31.1 Å². The molecule has 6 rings (SSSR count). The van der Waals surface area contributed by atoms with Crippen LogP contribution in [0.3, 0.4) is 0 Å². The van der Waals surface area contributed by atoms with E-state index in [0.717, 1.165) is 51.5 Å². The van der Waals surface area contributed by atoms with Crippen LogP contribution in [0.5, 0.6) is 0 Å². The molecule has 0 saturated heterocycles. The highest BCUT2D eigenvalue weighted by Crippen LogP contribution is 2.35. The summed E-state index contributed by atoms with van der Waals surface area (Å²) in [6, 6.07) is 34.8. The summed E-state index contributed by atoms with van der Waals surface area (Å²) in [5.74, 6) is 0. The van der Waals surface area contributed by atoms with E-state index in [-0.39, 0.29) is 0 Å². The second-order valence-electron chi connectivity index (χ2n) is 10.2. The molecule has 1 aromatic heterocycles. The van der Waals surface area contributed by atoms with Gasteiger partial charge in [-0.05, 0) is 65.9 Å². The van der Waals surface area contributed by atoms with Gasteiger partial charge >= 0.3 is 0 Å². The van der Waals surface area contributed by atoms with Crippen molar-refractivity contribution < 1.29 is 0 Å². The van der Waals surface area contributed by atoms with E-state index in [1.54, 1.807) is 0 Å². The van der Waals surface area contributed by atoms with Crippen molar-refractivity contribution in [3.8, 4) is 11.8 Å². The first-order valence-electron chi connectivity index (χ1n) is 13.3. The van der Waals surface area contributed by atoms with Crippen LogP contribution < -0.4 is 16.8 Å². The van der Waals surface area contributed by atoms with Crippen molar-refractivity contribution in [3.05, 3.63) is 138 Å². The molecule has 0 saturated carbocycles. The summed E-state index contributed by atoms with van der Waals surface area (Å²) in [5.41, 5.74) is 19.9. The Hall–Kier alpha value is -4.47. The minimum atomic E-state index is -0.911. The molecule has 39 heavy (non-hydrogen) atoms. The molecule has 4 aromatic carbocycles. The number of rotatable bonds is 7. The number of fused-ring (bicyclic) bond motifs is 3. The van der Waals surface area contributed by atoms with Gasteiger partial charge in [0.15, 0.2) is 0 Å². The zero-order valence-electron chi connectivity index (χ0n) is 21.7.